The summed E-state index contributed by atoms with van der Waals surface area (Å²) in [5, 5.41) is 11.9. The Labute approximate surface area is 90.7 Å². The first kappa shape index (κ1) is 8.62. The van der Waals surface area contributed by atoms with Gasteiger partial charge < -0.3 is 9.52 Å². The van der Waals surface area contributed by atoms with Gasteiger partial charge in [0.1, 0.15) is 5.58 Å². The Balaban J connectivity index is 2.60. The van der Waals surface area contributed by atoms with Gasteiger partial charge in [0.2, 0.25) is 0 Å². The summed E-state index contributed by atoms with van der Waals surface area (Å²) in [6.07, 6.45) is 0. The Morgan fingerprint density at radius 3 is 2.67 bits per heavy atom. The fourth-order valence-electron chi connectivity index (χ4n) is 1.75. The summed E-state index contributed by atoms with van der Waals surface area (Å²) in [7, 11) is 0. The zero-order valence-corrected chi connectivity index (χ0v) is 8.45. The largest absolute Gasteiger partial charge is 0.503 e. The minimum absolute atomic E-state index is 0.00497. The molecule has 0 fully saturated rings. The van der Waals surface area contributed by atoms with Gasteiger partial charge in [0.25, 0.3) is 0 Å². The van der Waals surface area contributed by atoms with Crippen molar-refractivity contribution in [2.24, 2.45) is 0 Å². The summed E-state index contributed by atoms with van der Waals surface area (Å²) in [6, 6.07) is 11.2. The lowest BCUT2D eigenvalue weighted by atomic mass is 10.1. The van der Waals surface area contributed by atoms with Crippen LogP contribution in [-0.4, -0.2) is 5.11 Å². The van der Waals surface area contributed by atoms with E-state index < -0.39 is 0 Å². The molecule has 0 radical (unpaired) electrons. The maximum absolute atomic E-state index is 9.73. The van der Waals surface area contributed by atoms with Crippen molar-refractivity contribution in [2.45, 2.75) is 0 Å². The maximum Gasteiger partial charge on any atom is 0.178 e. The second-order valence-corrected chi connectivity index (χ2v) is 3.78. The van der Waals surface area contributed by atoms with E-state index in [0.717, 1.165) is 16.4 Å². The number of furan rings is 1. The first-order valence-electron chi connectivity index (χ1n) is 4.56. The molecule has 0 bridgehead atoms. The number of rotatable bonds is 0. The first-order chi connectivity index (χ1) is 7.27. The smallest absolute Gasteiger partial charge is 0.178 e. The lowest BCUT2D eigenvalue weighted by Gasteiger charge is -1.95. The molecule has 1 aromatic heterocycles. The Morgan fingerprint density at radius 1 is 1.00 bits per heavy atom. The van der Waals surface area contributed by atoms with Gasteiger partial charge in [0.05, 0.1) is 5.02 Å². The van der Waals surface area contributed by atoms with Crippen LogP contribution in [0.1, 0.15) is 0 Å². The number of phenols is 1. The molecule has 0 saturated carbocycles. The van der Waals surface area contributed by atoms with E-state index in [1.807, 2.05) is 30.3 Å². The predicted octanol–water partition coefficient (Wildman–Crippen LogP) is 3.95. The number of hydrogen-bond donors (Lipinski definition) is 1. The molecular formula is C12H7ClO2. The van der Waals surface area contributed by atoms with E-state index in [0.29, 0.717) is 10.6 Å². The molecule has 3 aromatic rings. The molecule has 0 aliphatic rings. The summed E-state index contributed by atoms with van der Waals surface area (Å²) in [5.41, 5.74) is 1.20. The van der Waals surface area contributed by atoms with Gasteiger partial charge in [-0.2, -0.15) is 0 Å². The molecule has 0 amide bonds. The van der Waals surface area contributed by atoms with Gasteiger partial charge in [0, 0.05) is 10.8 Å². The molecule has 15 heavy (non-hydrogen) atoms. The average molecular weight is 219 g/mol. The van der Waals surface area contributed by atoms with E-state index >= 15 is 0 Å². The average Bonchev–Trinajstić information content (AvgIpc) is 2.63. The van der Waals surface area contributed by atoms with Crippen molar-refractivity contribution in [3.05, 3.63) is 41.4 Å². The van der Waals surface area contributed by atoms with Crippen LogP contribution >= 0.6 is 11.6 Å². The number of para-hydroxylation sites is 1. The SMILES string of the molecule is Oc1c(Cl)ccc2c1oc1ccccc12. The van der Waals surface area contributed by atoms with Crippen LogP contribution in [0.15, 0.2) is 40.8 Å². The number of benzene rings is 2. The van der Waals surface area contributed by atoms with Gasteiger partial charge in [-0.3, -0.25) is 0 Å². The van der Waals surface area contributed by atoms with Gasteiger partial charge in [-0.1, -0.05) is 29.8 Å². The van der Waals surface area contributed by atoms with Crippen LogP contribution in [0.3, 0.4) is 0 Å². The van der Waals surface area contributed by atoms with Crippen LogP contribution in [0.4, 0.5) is 0 Å². The zero-order chi connectivity index (χ0) is 10.4. The molecule has 0 aliphatic heterocycles. The van der Waals surface area contributed by atoms with Crippen molar-refractivity contribution in [1.82, 2.24) is 0 Å². The van der Waals surface area contributed by atoms with Crippen molar-refractivity contribution >= 4 is 33.5 Å². The van der Waals surface area contributed by atoms with E-state index in [1.54, 1.807) is 6.07 Å². The Morgan fingerprint density at radius 2 is 1.80 bits per heavy atom. The molecule has 0 spiro atoms. The molecular weight excluding hydrogens is 212 g/mol. The van der Waals surface area contributed by atoms with Gasteiger partial charge >= 0.3 is 0 Å². The van der Waals surface area contributed by atoms with Crippen LogP contribution in [-0.2, 0) is 0 Å². The third-order valence-electron chi connectivity index (χ3n) is 2.47. The molecule has 0 atom stereocenters. The summed E-state index contributed by atoms with van der Waals surface area (Å²) >= 11 is 5.81. The zero-order valence-electron chi connectivity index (χ0n) is 7.70. The minimum atomic E-state index is 0.00497. The van der Waals surface area contributed by atoms with Gasteiger partial charge in [-0.25, -0.2) is 0 Å². The fraction of sp³-hybridized carbons (Fsp3) is 0. The van der Waals surface area contributed by atoms with Crippen molar-refractivity contribution in [3.8, 4) is 5.75 Å². The van der Waals surface area contributed by atoms with Crippen LogP contribution < -0.4 is 0 Å². The lowest BCUT2D eigenvalue weighted by Crippen LogP contribution is -1.69. The monoisotopic (exact) mass is 218 g/mol. The molecule has 0 aliphatic carbocycles. The van der Waals surface area contributed by atoms with Crippen LogP contribution in [0.2, 0.25) is 5.02 Å². The number of aromatic hydroxyl groups is 1. The Kier molecular flexibility index (Phi) is 1.67. The topological polar surface area (TPSA) is 33.4 Å². The number of halogens is 1. The maximum atomic E-state index is 9.73. The number of phenolic OH excluding ortho intramolecular Hbond substituents is 1. The van der Waals surface area contributed by atoms with Gasteiger partial charge in [0.15, 0.2) is 11.3 Å². The van der Waals surface area contributed by atoms with E-state index in [1.165, 1.54) is 0 Å². The molecule has 1 N–H and O–H groups in total. The highest BCUT2D eigenvalue weighted by Gasteiger charge is 2.11. The molecule has 1 heterocycles. The van der Waals surface area contributed by atoms with Crippen molar-refractivity contribution in [1.29, 1.82) is 0 Å². The fourth-order valence-corrected chi connectivity index (χ4v) is 1.90. The van der Waals surface area contributed by atoms with Crippen molar-refractivity contribution < 1.29 is 9.52 Å². The number of hydrogen-bond acceptors (Lipinski definition) is 2. The van der Waals surface area contributed by atoms with E-state index in [4.69, 9.17) is 16.0 Å². The first-order valence-corrected chi connectivity index (χ1v) is 4.94. The van der Waals surface area contributed by atoms with E-state index in [-0.39, 0.29) is 5.75 Å². The highest BCUT2D eigenvalue weighted by molar-refractivity contribution is 6.33. The van der Waals surface area contributed by atoms with Crippen molar-refractivity contribution in [3.63, 3.8) is 0 Å². The summed E-state index contributed by atoms with van der Waals surface area (Å²) in [4.78, 5) is 0. The highest BCUT2D eigenvalue weighted by atomic mass is 35.5. The molecule has 3 rings (SSSR count). The van der Waals surface area contributed by atoms with Crippen LogP contribution in [0.25, 0.3) is 21.9 Å². The van der Waals surface area contributed by atoms with Crippen molar-refractivity contribution in [2.75, 3.05) is 0 Å². The molecule has 74 valence electrons. The summed E-state index contributed by atoms with van der Waals surface area (Å²) in [5.74, 6) is 0.00497. The second kappa shape index (κ2) is 2.91. The minimum Gasteiger partial charge on any atom is -0.503 e. The van der Waals surface area contributed by atoms with E-state index in [9.17, 15) is 5.11 Å². The van der Waals surface area contributed by atoms with Gasteiger partial charge in [-0.05, 0) is 18.2 Å². The highest BCUT2D eigenvalue weighted by Crippen LogP contribution is 2.37. The lowest BCUT2D eigenvalue weighted by molar-refractivity contribution is 0.469. The Hall–Kier alpha value is -1.67. The standard InChI is InChI=1S/C12H7ClO2/c13-9-6-5-8-7-3-1-2-4-10(7)15-12(8)11(9)14/h1-6,14H. The predicted molar refractivity (Wildman–Crippen MR) is 60.4 cm³/mol. The second-order valence-electron chi connectivity index (χ2n) is 3.37. The van der Waals surface area contributed by atoms with Gasteiger partial charge in [-0.15, -0.1) is 0 Å². The third kappa shape index (κ3) is 1.12. The summed E-state index contributed by atoms with van der Waals surface area (Å²) < 4.78 is 5.53. The molecule has 2 aromatic carbocycles. The third-order valence-corrected chi connectivity index (χ3v) is 2.78. The van der Waals surface area contributed by atoms with E-state index in [2.05, 4.69) is 0 Å². The molecule has 0 saturated heterocycles. The Bertz CT molecular complexity index is 655. The quantitative estimate of drug-likeness (QED) is 0.620. The van der Waals surface area contributed by atoms with Crippen LogP contribution in [0.5, 0.6) is 5.75 Å². The summed E-state index contributed by atoms with van der Waals surface area (Å²) in [6.45, 7) is 0. The normalized spacial score (nSPS) is 11.3. The molecule has 0 unspecified atom stereocenters. The molecule has 3 heteroatoms. The number of fused-ring (bicyclic) bond motifs is 3. The molecule has 2 nitrogen and oxygen atoms in total. The van der Waals surface area contributed by atoms with Crippen LogP contribution in [0, 0.1) is 0 Å².